The molecule has 0 aromatic heterocycles. The number of hydrogen-bond acceptors (Lipinski definition) is 3. The van der Waals surface area contributed by atoms with Crippen molar-refractivity contribution in [1.82, 2.24) is 4.90 Å². The highest BCUT2D eigenvalue weighted by Gasteiger charge is 2.22. The highest BCUT2D eigenvalue weighted by molar-refractivity contribution is 4.79. The molecule has 0 aliphatic heterocycles. The van der Waals surface area contributed by atoms with Crippen LogP contribution in [0.25, 0.3) is 0 Å². The van der Waals surface area contributed by atoms with Crippen LogP contribution in [0.15, 0.2) is 0 Å². The molecule has 3 heteroatoms. The number of aliphatic hydroxyl groups excluding tert-OH is 1. The Morgan fingerprint density at radius 1 is 1.43 bits per heavy atom. The zero-order valence-electron chi connectivity index (χ0n) is 9.28. The molecule has 0 saturated heterocycles. The van der Waals surface area contributed by atoms with Crippen molar-refractivity contribution in [1.29, 1.82) is 0 Å². The molecular weight excluding hydrogens is 176 g/mol. The second-order valence-corrected chi connectivity index (χ2v) is 4.30. The number of nitrogens with two attached hydrogens (primary N) is 1. The summed E-state index contributed by atoms with van der Waals surface area (Å²) in [4.78, 5) is 2.48. The fourth-order valence-corrected chi connectivity index (χ4v) is 2.36. The predicted octanol–water partition coefficient (Wildman–Crippen LogP) is 0.961. The smallest absolute Gasteiger partial charge is 0.0446 e. The van der Waals surface area contributed by atoms with E-state index in [1.807, 2.05) is 0 Å². The van der Waals surface area contributed by atoms with Crippen LogP contribution in [0.1, 0.15) is 39.0 Å². The van der Waals surface area contributed by atoms with Gasteiger partial charge in [0.15, 0.2) is 0 Å². The van der Waals surface area contributed by atoms with E-state index in [2.05, 4.69) is 11.8 Å². The molecule has 1 aliphatic carbocycles. The first-order chi connectivity index (χ1) is 6.77. The van der Waals surface area contributed by atoms with E-state index in [1.165, 1.54) is 25.7 Å². The molecule has 1 saturated carbocycles. The average Bonchev–Trinajstić information content (AvgIpc) is 2.67. The van der Waals surface area contributed by atoms with Gasteiger partial charge in [0.2, 0.25) is 0 Å². The molecule has 0 aromatic rings. The summed E-state index contributed by atoms with van der Waals surface area (Å²) in [6.07, 6.45) is 6.13. The molecule has 3 nitrogen and oxygen atoms in total. The number of aliphatic hydroxyl groups is 1. The lowest BCUT2D eigenvalue weighted by Gasteiger charge is -2.29. The van der Waals surface area contributed by atoms with E-state index >= 15 is 0 Å². The molecule has 0 bridgehead atoms. The minimum atomic E-state index is 0.139. The van der Waals surface area contributed by atoms with Gasteiger partial charge >= 0.3 is 0 Å². The van der Waals surface area contributed by atoms with E-state index in [1.54, 1.807) is 0 Å². The highest BCUT2D eigenvalue weighted by Crippen LogP contribution is 2.23. The maximum absolute atomic E-state index is 8.79. The maximum Gasteiger partial charge on any atom is 0.0446 e. The average molecular weight is 200 g/mol. The van der Waals surface area contributed by atoms with Crippen LogP contribution < -0.4 is 5.73 Å². The first kappa shape index (κ1) is 12.0. The van der Waals surface area contributed by atoms with Crippen molar-refractivity contribution in [2.24, 2.45) is 5.73 Å². The van der Waals surface area contributed by atoms with E-state index in [-0.39, 0.29) is 12.6 Å². The van der Waals surface area contributed by atoms with Gasteiger partial charge in [0.05, 0.1) is 0 Å². The van der Waals surface area contributed by atoms with Crippen molar-refractivity contribution in [2.75, 3.05) is 19.7 Å². The van der Waals surface area contributed by atoms with E-state index in [0.717, 1.165) is 25.6 Å². The fourth-order valence-electron chi connectivity index (χ4n) is 2.36. The summed E-state index contributed by atoms with van der Waals surface area (Å²) in [5.74, 6) is 0. The van der Waals surface area contributed by atoms with Gasteiger partial charge in [-0.25, -0.2) is 0 Å². The minimum absolute atomic E-state index is 0.139. The van der Waals surface area contributed by atoms with Crippen molar-refractivity contribution < 1.29 is 5.11 Å². The van der Waals surface area contributed by atoms with Gasteiger partial charge in [-0.05, 0) is 25.8 Å². The lowest BCUT2D eigenvalue weighted by molar-refractivity contribution is 0.182. The van der Waals surface area contributed by atoms with Crippen molar-refractivity contribution in [3.05, 3.63) is 0 Å². The molecule has 84 valence electrons. The number of rotatable bonds is 6. The summed E-state index contributed by atoms with van der Waals surface area (Å²) in [7, 11) is 0. The molecule has 1 atom stereocenters. The fraction of sp³-hybridized carbons (Fsp3) is 1.00. The standard InChI is InChI=1S/C11H24N2O/c1-2-13(9-10(12)7-8-14)11-5-3-4-6-11/h10-11,14H,2-9,12H2,1H3. The molecule has 1 unspecified atom stereocenters. The highest BCUT2D eigenvalue weighted by atomic mass is 16.3. The second-order valence-electron chi connectivity index (χ2n) is 4.30. The Balaban J connectivity index is 2.29. The maximum atomic E-state index is 8.79. The minimum Gasteiger partial charge on any atom is -0.396 e. The van der Waals surface area contributed by atoms with Gasteiger partial charge < -0.3 is 10.8 Å². The summed E-state index contributed by atoms with van der Waals surface area (Å²) in [6, 6.07) is 0.894. The zero-order chi connectivity index (χ0) is 10.4. The molecule has 0 aromatic carbocycles. The molecule has 14 heavy (non-hydrogen) atoms. The van der Waals surface area contributed by atoms with Gasteiger partial charge in [0, 0.05) is 25.2 Å². The quantitative estimate of drug-likeness (QED) is 0.671. The van der Waals surface area contributed by atoms with Gasteiger partial charge in [-0.1, -0.05) is 19.8 Å². The van der Waals surface area contributed by atoms with Gasteiger partial charge in [-0.15, -0.1) is 0 Å². The zero-order valence-corrected chi connectivity index (χ0v) is 9.28. The number of hydrogen-bond donors (Lipinski definition) is 2. The van der Waals surface area contributed by atoms with Crippen LogP contribution in [0, 0.1) is 0 Å². The molecule has 3 N–H and O–H groups in total. The Morgan fingerprint density at radius 3 is 2.57 bits per heavy atom. The lowest BCUT2D eigenvalue weighted by atomic mass is 10.1. The molecule has 0 radical (unpaired) electrons. The summed E-state index contributed by atoms with van der Waals surface area (Å²) in [5.41, 5.74) is 5.93. The van der Waals surface area contributed by atoms with Crippen molar-refractivity contribution in [3.63, 3.8) is 0 Å². The Bertz CT molecular complexity index is 146. The molecule has 1 rings (SSSR count). The summed E-state index contributed by atoms with van der Waals surface area (Å²) in [6.45, 7) is 4.44. The summed E-state index contributed by atoms with van der Waals surface area (Å²) >= 11 is 0. The van der Waals surface area contributed by atoms with Crippen molar-refractivity contribution >= 4 is 0 Å². The topological polar surface area (TPSA) is 49.5 Å². The van der Waals surface area contributed by atoms with Gasteiger partial charge in [-0.2, -0.15) is 0 Å². The SMILES string of the molecule is CCN(CC(N)CCO)C1CCCC1. The van der Waals surface area contributed by atoms with E-state index in [4.69, 9.17) is 10.8 Å². The van der Waals surface area contributed by atoms with Crippen molar-refractivity contribution in [2.45, 2.75) is 51.1 Å². The van der Waals surface area contributed by atoms with Crippen LogP contribution in [-0.4, -0.2) is 41.8 Å². The normalized spacial score (nSPS) is 20.6. The first-order valence-corrected chi connectivity index (χ1v) is 5.88. The molecule has 0 heterocycles. The van der Waals surface area contributed by atoms with Crippen LogP contribution in [-0.2, 0) is 0 Å². The molecule has 0 spiro atoms. The third-order valence-corrected chi connectivity index (χ3v) is 3.22. The monoisotopic (exact) mass is 200 g/mol. The van der Waals surface area contributed by atoms with Crippen LogP contribution in [0.2, 0.25) is 0 Å². The second kappa shape index (κ2) is 6.38. The van der Waals surface area contributed by atoms with Gasteiger partial charge in [0.25, 0.3) is 0 Å². The Morgan fingerprint density at radius 2 is 2.07 bits per heavy atom. The third kappa shape index (κ3) is 3.56. The molecule has 1 fully saturated rings. The summed E-state index contributed by atoms with van der Waals surface area (Å²) < 4.78 is 0. The van der Waals surface area contributed by atoms with Crippen LogP contribution in [0.4, 0.5) is 0 Å². The van der Waals surface area contributed by atoms with E-state index in [9.17, 15) is 0 Å². The van der Waals surface area contributed by atoms with E-state index in [0.29, 0.717) is 0 Å². The van der Waals surface area contributed by atoms with E-state index < -0.39 is 0 Å². The summed E-state index contributed by atoms with van der Waals surface area (Å²) in [5, 5.41) is 8.79. The Labute approximate surface area is 87.3 Å². The van der Waals surface area contributed by atoms with Crippen LogP contribution in [0.5, 0.6) is 0 Å². The molecule has 1 aliphatic rings. The molecular formula is C11H24N2O. The molecule has 0 amide bonds. The van der Waals surface area contributed by atoms with Crippen LogP contribution in [0.3, 0.4) is 0 Å². The van der Waals surface area contributed by atoms with Gasteiger partial charge in [-0.3, -0.25) is 4.90 Å². The third-order valence-electron chi connectivity index (χ3n) is 3.22. The van der Waals surface area contributed by atoms with Crippen LogP contribution >= 0.6 is 0 Å². The predicted molar refractivity (Wildman–Crippen MR) is 59.2 cm³/mol. The number of nitrogens with zero attached hydrogens (tertiary/aromatic N) is 1. The Kier molecular flexibility index (Phi) is 5.45. The lowest BCUT2D eigenvalue weighted by Crippen LogP contribution is -2.42. The first-order valence-electron chi connectivity index (χ1n) is 5.88. The van der Waals surface area contributed by atoms with Crippen molar-refractivity contribution in [3.8, 4) is 0 Å². The Hall–Kier alpha value is -0.120. The largest absolute Gasteiger partial charge is 0.396 e. The van der Waals surface area contributed by atoms with Gasteiger partial charge in [0.1, 0.15) is 0 Å². The number of likely N-dealkylation sites (N-methyl/N-ethyl adjacent to an activating group) is 1.